The van der Waals surface area contributed by atoms with E-state index in [0.717, 1.165) is 24.9 Å². The monoisotopic (exact) mass is 323 g/mol. The van der Waals surface area contributed by atoms with Gasteiger partial charge in [-0.15, -0.1) is 12.4 Å². The molecule has 1 heterocycles. The van der Waals surface area contributed by atoms with Crippen LogP contribution in [0.3, 0.4) is 0 Å². The largest absolute Gasteiger partial charge is 0.353 e. The second-order valence-electron chi connectivity index (χ2n) is 5.80. The van der Waals surface area contributed by atoms with Gasteiger partial charge in [0.15, 0.2) is 0 Å². The van der Waals surface area contributed by atoms with Gasteiger partial charge in [-0.05, 0) is 18.4 Å². The molecule has 0 aromatic heterocycles. The summed E-state index contributed by atoms with van der Waals surface area (Å²) in [5.74, 6) is 0.000890. The van der Waals surface area contributed by atoms with E-state index in [1.165, 1.54) is 0 Å². The van der Waals surface area contributed by atoms with Crippen molar-refractivity contribution in [1.82, 2.24) is 15.5 Å². The molecule has 2 amide bonds. The fraction of sp³-hybridized carbons (Fsp3) is 0.500. The normalized spacial score (nSPS) is 21.2. The van der Waals surface area contributed by atoms with Crippen molar-refractivity contribution in [2.75, 3.05) is 13.1 Å². The van der Waals surface area contributed by atoms with E-state index in [2.05, 4.69) is 10.6 Å². The highest BCUT2D eigenvalue weighted by molar-refractivity contribution is 5.89. The van der Waals surface area contributed by atoms with Crippen LogP contribution in [0.2, 0.25) is 0 Å². The molecule has 22 heavy (non-hydrogen) atoms. The van der Waals surface area contributed by atoms with Crippen molar-refractivity contribution < 1.29 is 9.59 Å². The molecule has 1 aromatic rings. The van der Waals surface area contributed by atoms with Crippen LogP contribution in [-0.4, -0.2) is 41.9 Å². The number of benzene rings is 1. The van der Waals surface area contributed by atoms with Crippen molar-refractivity contribution in [2.24, 2.45) is 0 Å². The molecule has 6 heteroatoms. The Morgan fingerprint density at radius 2 is 2.00 bits per heavy atom. The topological polar surface area (TPSA) is 61.4 Å². The van der Waals surface area contributed by atoms with Gasteiger partial charge >= 0.3 is 0 Å². The van der Waals surface area contributed by atoms with Crippen LogP contribution in [-0.2, 0) is 16.1 Å². The lowest BCUT2D eigenvalue weighted by Crippen LogP contribution is -2.55. The number of halogens is 1. The third-order valence-corrected chi connectivity index (χ3v) is 3.93. The lowest BCUT2D eigenvalue weighted by atomic mass is 10.1. The van der Waals surface area contributed by atoms with Crippen LogP contribution in [0.25, 0.3) is 0 Å². The molecule has 2 N–H and O–H groups in total. The average molecular weight is 324 g/mol. The maximum atomic E-state index is 12.5. The minimum absolute atomic E-state index is 0. The first-order chi connectivity index (χ1) is 10.2. The van der Waals surface area contributed by atoms with E-state index < -0.39 is 0 Å². The van der Waals surface area contributed by atoms with Gasteiger partial charge in [0, 0.05) is 25.7 Å². The molecule has 120 valence electrons. The third kappa shape index (κ3) is 4.45. The third-order valence-electron chi connectivity index (χ3n) is 3.93. The number of hydrogen-bond donors (Lipinski definition) is 2. The molecule has 1 saturated carbocycles. The predicted octanol–water partition coefficient (Wildman–Crippen LogP) is 1.08. The quantitative estimate of drug-likeness (QED) is 0.852. The van der Waals surface area contributed by atoms with E-state index in [0.29, 0.717) is 19.1 Å². The maximum Gasteiger partial charge on any atom is 0.240 e. The van der Waals surface area contributed by atoms with Gasteiger partial charge < -0.3 is 15.5 Å². The van der Waals surface area contributed by atoms with Crippen molar-refractivity contribution >= 4 is 24.2 Å². The molecule has 3 rings (SSSR count). The van der Waals surface area contributed by atoms with Crippen LogP contribution in [0.15, 0.2) is 30.3 Å². The highest BCUT2D eigenvalue weighted by Crippen LogP contribution is 2.19. The average Bonchev–Trinajstić information content (AvgIpc) is 3.28. The van der Waals surface area contributed by atoms with Gasteiger partial charge in [-0.1, -0.05) is 30.3 Å². The van der Waals surface area contributed by atoms with E-state index in [9.17, 15) is 9.59 Å². The van der Waals surface area contributed by atoms with Crippen LogP contribution in [0.5, 0.6) is 0 Å². The molecule has 0 spiro atoms. The van der Waals surface area contributed by atoms with Crippen molar-refractivity contribution in [2.45, 2.75) is 37.9 Å². The Labute approximate surface area is 136 Å². The Bertz CT molecular complexity index is 519. The van der Waals surface area contributed by atoms with Gasteiger partial charge in [0.05, 0.1) is 12.5 Å². The SMILES string of the molecule is Cl.O=C(CC1NCCN(Cc2ccccc2)C1=O)NC1CC1. The van der Waals surface area contributed by atoms with Crippen LogP contribution in [0.4, 0.5) is 0 Å². The fourth-order valence-electron chi connectivity index (χ4n) is 2.61. The van der Waals surface area contributed by atoms with E-state index in [1.54, 1.807) is 0 Å². The van der Waals surface area contributed by atoms with Crippen LogP contribution in [0, 0.1) is 0 Å². The number of rotatable bonds is 5. The molecule has 5 nitrogen and oxygen atoms in total. The summed E-state index contributed by atoms with van der Waals surface area (Å²) in [6.07, 6.45) is 2.37. The lowest BCUT2D eigenvalue weighted by molar-refractivity contribution is -0.138. The van der Waals surface area contributed by atoms with E-state index in [-0.39, 0.29) is 36.7 Å². The standard InChI is InChI=1S/C16H21N3O2.ClH/c20-15(18-13-6-7-13)10-14-16(21)19(9-8-17-14)11-12-4-2-1-3-5-12;/h1-5,13-14,17H,6-11H2,(H,18,20);1H. The molecular formula is C16H22ClN3O2. The molecule has 0 radical (unpaired) electrons. The Morgan fingerprint density at radius 3 is 2.68 bits per heavy atom. The minimum atomic E-state index is -0.388. The van der Waals surface area contributed by atoms with Crippen LogP contribution >= 0.6 is 12.4 Å². The molecule has 2 fully saturated rings. The zero-order chi connectivity index (χ0) is 14.7. The first kappa shape index (κ1) is 16.8. The number of nitrogens with one attached hydrogen (secondary N) is 2. The number of nitrogens with zero attached hydrogens (tertiary/aromatic N) is 1. The Balaban J connectivity index is 0.00000176. The predicted molar refractivity (Wildman–Crippen MR) is 86.7 cm³/mol. The first-order valence-corrected chi connectivity index (χ1v) is 7.58. The summed E-state index contributed by atoms with van der Waals surface area (Å²) in [5, 5.41) is 6.09. The number of amides is 2. The Hall–Kier alpha value is -1.59. The second kappa shape index (κ2) is 7.61. The molecular weight excluding hydrogens is 302 g/mol. The Kier molecular flexibility index (Phi) is 5.80. The summed E-state index contributed by atoms with van der Waals surface area (Å²) in [7, 11) is 0. The lowest BCUT2D eigenvalue weighted by Gasteiger charge is -2.33. The zero-order valence-corrected chi connectivity index (χ0v) is 13.3. The highest BCUT2D eigenvalue weighted by Gasteiger charge is 2.31. The smallest absolute Gasteiger partial charge is 0.240 e. The van der Waals surface area contributed by atoms with Crippen molar-refractivity contribution in [3.63, 3.8) is 0 Å². The molecule has 1 unspecified atom stereocenters. The van der Waals surface area contributed by atoms with E-state index in [4.69, 9.17) is 0 Å². The van der Waals surface area contributed by atoms with E-state index >= 15 is 0 Å². The van der Waals surface area contributed by atoms with Crippen molar-refractivity contribution in [1.29, 1.82) is 0 Å². The molecule has 1 aliphatic carbocycles. The second-order valence-corrected chi connectivity index (χ2v) is 5.80. The summed E-state index contributed by atoms with van der Waals surface area (Å²) in [4.78, 5) is 26.1. The molecule has 1 atom stereocenters. The molecule has 0 bridgehead atoms. The minimum Gasteiger partial charge on any atom is -0.353 e. The number of carbonyl (C=O) groups is 2. The summed E-state index contributed by atoms with van der Waals surface area (Å²) >= 11 is 0. The number of carbonyl (C=O) groups excluding carboxylic acids is 2. The maximum absolute atomic E-state index is 12.5. The highest BCUT2D eigenvalue weighted by atomic mass is 35.5. The van der Waals surface area contributed by atoms with Crippen LogP contribution < -0.4 is 10.6 Å². The van der Waals surface area contributed by atoms with Crippen LogP contribution in [0.1, 0.15) is 24.8 Å². The van der Waals surface area contributed by atoms with Gasteiger partial charge in [-0.2, -0.15) is 0 Å². The van der Waals surface area contributed by atoms with E-state index in [1.807, 2.05) is 35.2 Å². The zero-order valence-electron chi connectivity index (χ0n) is 12.5. The fourth-order valence-corrected chi connectivity index (χ4v) is 2.61. The Morgan fingerprint density at radius 1 is 1.27 bits per heavy atom. The first-order valence-electron chi connectivity index (χ1n) is 7.58. The van der Waals surface area contributed by atoms with Crippen molar-refractivity contribution in [3.8, 4) is 0 Å². The molecule has 2 aliphatic rings. The van der Waals surface area contributed by atoms with Crippen molar-refractivity contribution in [3.05, 3.63) is 35.9 Å². The summed E-state index contributed by atoms with van der Waals surface area (Å²) < 4.78 is 0. The van der Waals surface area contributed by atoms with Gasteiger partial charge in [0.25, 0.3) is 0 Å². The van der Waals surface area contributed by atoms with Gasteiger partial charge in [0.2, 0.25) is 11.8 Å². The molecule has 1 aromatic carbocycles. The van der Waals surface area contributed by atoms with Gasteiger partial charge in [-0.3, -0.25) is 9.59 Å². The molecule has 1 saturated heterocycles. The summed E-state index contributed by atoms with van der Waals surface area (Å²) in [5.41, 5.74) is 1.12. The number of hydrogen-bond acceptors (Lipinski definition) is 3. The van der Waals surface area contributed by atoms with Gasteiger partial charge in [0.1, 0.15) is 0 Å². The molecule has 1 aliphatic heterocycles. The number of piperazine rings is 1. The summed E-state index contributed by atoms with van der Waals surface area (Å²) in [6, 6.07) is 9.91. The summed E-state index contributed by atoms with van der Waals surface area (Å²) in [6.45, 7) is 2.04. The van der Waals surface area contributed by atoms with Gasteiger partial charge in [-0.25, -0.2) is 0 Å².